The van der Waals surface area contributed by atoms with Crippen molar-refractivity contribution in [3.8, 4) is 0 Å². The normalized spacial score (nSPS) is 11.4. The van der Waals surface area contributed by atoms with Gasteiger partial charge in [0, 0.05) is 0 Å². The third-order valence-corrected chi connectivity index (χ3v) is 7.02. The molecule has 0 fully saturated rings. The van der Waals surface area contributed by atoms with Crippen LogP contribution in [0.1, 0.15) is 26.7 Å². The standard InChI is InChI=1S/C22H17N3O2S2/c1-13-9-10-14(2)19-18(13)24-22(29-19)25(12-15-6-5-11-27-15)21(26)20-23-16-7-3-4-8-17(16)28-20/h3-11H,12H2,1-2H3. The Hall–Kier alpha value is -3.03. The molecule has 144 valence electrons. The Labute approximate surface area is 175 Å². The van der Waals surface area contributed by atoms with E-state index in [1.807, 2.05) is 43.3 Å². The van der Waals surface area contributed by atoms with Crippen molar-refractivity contribution in [1.82, 2.24) is 9.97 Å². The lowest BCUT2D eigenvalue weighted by atomic mass is 10.1. The van der Waals surface area contributed by atoms with Crippen LogP contribution >= 0.6 is 22.7 Å². The second-order valence-electron chi connectivity index (χ2n) is 6.83. The second-order valence-corrected chi connectivity index (χ2v) is 8.84. The smallest absolute Gasteiger partial charge is 0.289 e. The Kier molecular flexibility index (Phi) is 4.41. The molecule has 0 saturated heterocycles. The van der Waals surface area contributed by atoms with Crippen LogP contribution < -0.4 is 4.90 Å². The molecule has 0 saturated carbocycles. The molecule has 29 heavy (non-hydrogen) atoms. The van der Waals surface area contributed by atoms with Crippen LogP contribution in [0.4, 0.5) is 5.13 Å². The van der Waals surface area contributed by atoms with Gasteiger partial charge in [0.2, 0.25) is 0 Å². The quantitative estimate of drug-likeness (QED) is 0.360. The van der Waals surface area contributed by atoms with Crippen LogP contribution in [0, 0.1) is 13.8 Å². The number of hydrogen-bond acceptors (Lipinski definition) is 6. The van der Waals surface area contributed by atoms with Crippen LogP contribution in [0.15, 0.2) is 59.2 Å². The number of aryl methyl sites for hydroxylation is 2. The summed E-state index contributed by atoms with van der Waals surface area (Å²) in [6.07, 6.45) is 1.61. The molecule has 0 unspecified atom stereocenters. The first kappa shape index (κ1) is 18.0. The van der Waals surface area contributed by atoms with E-state index in [-0.39, 0.29) is 5.91 Å². The molecular weight excluding hydrogens is 402 g/mol. The molecule has 0 radical (unpaired) electrons. The topological polar surface area (TPSA) is 59.2 Å². The van der Waals surface area contributed by atoms with Crippen LogP contribution in [-0.4, -0.2) is 15.9 Å². The van der Waals surface area contributed by atoms with Crippen molar-refractivity contribution in [1.29, 1.82) is 0 Å². The van der Waals surface area contributed by atoms with E-state index in [4.69, 9.17) is 9.40 Å². The SMILES string of the molecule is Cc1ccc(C)c2sc(N(Cc3ccco3)C(=O)c3nc4ccccc4s3)nc12. The summed E-state index contributed by atoms with van der Waals surface area (Å²) in [5, 5.41) is 1.10. The first-order valence-corrected chi connectivity index (χ1v) is 10.8. The van der Waals surface area contributed by atoms with Crippen molar-refractivity contribution in [3.63, 3.8) is 0 Å². The van der Waals surface area contributed by atoms with Crippen molar-refractivity contribution in [2.75, 3.05) is 4.90 Å². The van der Waals surface area contributed by atoms with Gasteiger partial charge in [0.15, 0.2) is 10.1 Å². The van der Waals surface area contributed by atoms with Crippen molar-refractivity contribution in [2.24, 2.45) is 0 Å². The number of rotatable bonds is 4. The Balaban J connectivity index is 1.62. The Morgan fingerprint density at radius 3 is 2.59 bits per heavy atom. The van der Waals surface area contributed by atoms with E-state index >= 15 is 0 Å². The molecule has 1 amide bonds. The maximum absolute atomic E-state index is 13.5. The van der Waals surface area contributed by atoms with Gasteiger partial charge in [-0.05, 0) is 49.2 Å². The Morgan fingerprint density at radius 2 is 1.83 bits per heavy atom. The molecule has 0 spiro atoms. The fourth-order valence-corrected chi connectivity index (χ4v) is 5.25. The summed E-state index contributed by atoms with van der Waals surface area (Å²) in [6, 6.07) is 15.6. The summed E-state index contributed by atoms with van der Waals surface area (Å²) >= 11 is 2.93. The summed E-state index contributed by atoms with van der Waals surface area (Å²) in [7, 11) is 0. The summed E-state index contributed by atoms with van der Waals surface area (Å²) < 4.78 is 7.61. The van der Waals surface area contributed by atoms with E-state index in [0.717, 1.165) is 31.6 Å². The van der Waals surface area contributed by atoms with Crippen LogP contribution in [0.2, 0.25) is 0 Å². The average Bonchev–Trinajstić information content (AvgIpc) is 3.47. The van der Waals surface area contributed by atoms with Gasteiger partial charge < -0.3 is 4.42 Å². The number of carbonyl (C=O) groups excluding carboxylic acids is 1. The van der Waals surface area contributed by atoms with Gasteiger partial charge in [0.05, 0.1) is 33.2 Å². The van der Waals surface area contributed by atoms with Crippen molar-refractivity contribution >= 4 is 54.1 Å². The zero-order chi connectivity index (χ0) is 20.0. The number of fused-ring (bicyclic) bond motifs is 2. The predicted molar refractivity (Wildman–Crippen MR) is 118 cm³/mol. The highest BCUT2D eigenvalue weighted by Gasteiger charge is 2.26. The van der Waals surface area contributed by atoms with Crippen LogP contribution in [-0.2, 0) is 6.54 Å². The molecule has 7 heteroatoms. The number of anilines is 1. The van der Waals surface area contributed by atoms with Gasteiger partial charge in [-0.1, -0.05) is 35.6 Å². The van der Waals surface area contributed by atoms with E-state index in [0.29, 0.717) is 22.4 Å². The minimum absolute atomic E-state index is 0.169. The molecule has 0 N–H and O–H groups in total. The molecule has 0 atom stereocenters. The first-order valence-electron chi connectivity index (χ1n) is 9.17. The Bertz CT molecular complexity index is 1260. The zero-order valence-corrected chi connectivity index (χ0v) is 17.5. The second kappa shape index (κ2) is 7.09. The van der Waals surface area contributed by atoms with E-state index in [2.05, 4.69) is 24.0 Å². The number of benzene rings is 2. The maximum Gasteiger partial charge on any atom is 0.289 e. The molecule has 5 nitrogen and oxygen atoms in total. The van der Waals surface area contributed by atoms with E-state index in [1.165, 1.54) is 22.7 Å². The summed E-state index contributed by atoms with van der Waals surface area (Å²) in [5.74, 6) is 0.532. The summed E-state index contributed by atoms with van der Waals surface area (Å²) in [4.78, 5) is 24.5. The number of nitrogens with zero attached hydrogens (tertiary/aromatic N) is 3. The lowest BCUT2D eigenvalue weighted by Crippen LogP contribution is -2.30. The van der Waals surface area contributed by atoms with Crippen LogP contribution in [0.3, 0.4) is 0 Å². The van der Waals surface area contributed by atoms with Gasteiger partial charge >= 0.3 is 0 Å². The largest absolute Gasteiger partial charge is 0.467 e. The number of thiazole rings is 2. The molecule has 0 aliphatic rings. The minimum atomic E-state index is -0.169. The van der Waals surface area contributed by atoms with Gasteiger partial charge in [-0.15, -0.1) is 11.3 Å². The minimum Gasteiger partial charge on any atom is -0.467 e. The van der Waals surface area contributed by atoms with Crippen molar-refractivity contribution in [2.45, 2.75) is 20.4 Å². The zero-order valence-electron chi connectivity index (χ0n) is 15.9. The highest BCUT2D eigenvalue weighted by molar-refractivity contribution is 7.23. The predicted octanol–water partition coefficient (Wildman–Crippen LogP) is 5.96. The van der Waals surface area contributed by atoms with Gasteiger partial charge in [-0.2, -0.15) is 0 Å². The highest BCUT2D eigenvalue weighted by atomic mass is 32.1. The lowest BCUT2D eigenvalue weighted by molar-refractivity contribution is 0.0983. The van der Waals surface area contributed by atoms with Crippen LogP contribution in [0.25, 0.3) is 20.4 Å². The van der Waals surface area contributed by atoms with Crippen molar-refractivity contribution < 1.29 is 9.21 Å². The lowest BCUT2D eigenvalue weighted by Gasteiger charge is -2.17. The number of furan rings is 1. The van der Waals surface area contributed by atoms with Gasteiger partial charge in [-0.3, -0.25) is 9.69 Å². The van der Waals surface area contributed by atoms with Gasteiger partial charge in [0.1, 0.15) is 5.76 Å². The van der Waals surface area contributed by atoms with E-state index in [1.54, 1.807) is 11.2 Å². The highest BCUT2D eigenvalue weighted by Crippen LogP contribution is 2.35. The summed E-state index contributed by atoms with van der Waals surface area (Å²) in [5.41, 5.74) is 4.01. The molecule has 2 aromatic carbocycles. The van der Waals surface area contributed by atoms with E-state index < -0.39 is 0 Å². The first-order chi connectivity index (χ1) is 14.1. The number of carbonyl (C=O) groups is 1. The molecule has 0 bridgehead atoms. The van der Waals surface area contributed by atoms with E-state index in [9.17, 15) is 4.79 Å². The van der Waals surface area contributed by atoms with Gasteiger partial charge in [-0.25, -0.2) is 9.97 Å². The number of amides is 1. The van der Waals surface area contributed by atoms with Crippen molar-refractivity contribution in [3.05, 3.63) is 76.7 Å². The van der Waals surface area contributed by atoms with Crippen LogP contribution in [0.5, 0.6) is 0 Å². The maximum atomic E-state index is 13.5. The Morgan fingerprint density at radius 1 is 1.00 bits per heavy atom. The molecule has 5 aromatic rings. The molecule has 0 aliphatic carbocycles. The molecule has 3 aromatic heterocycles. The molecule has 0 aliphatic heterocycles. The fraction of sp³-hybridized carbons (Fsp3) is 0.136. The van der Waals surface area contributed by atoms with Gasteiger partial charge in [0.25, 0.3) is 5.91 Å². The monoisotopic (exact) mass is 419 g/mol. The molecule has 5 rings (SSSR count). The third-order valence-electron chi connectivity index (χ3n) is 4.78. The molecule has 3 heterocycles. The summed E-state index contributed by atoms with van der Waals surface area (Å²) in [6.45, 7) is 4.41. The number of aromatic nitrogens is 2. The molecular formula is C22H17N3O2S2. The average molecular weight is 420 g/mol. The number of para-hydroxylation sites is 1. The third kappa shape index (κ3) is 3.22. The number of hydrogen-bond donors (Lipinski definition) is 0. The fourth-order valence-electron chi connectivity index (χ4n) is 3.23.